The number of benzene rings is 2. The highest BCUT2D eigenvalue weighted by Crippen LogP contribution is 2.24. The van der Waals surface area contributed by atoms with Crippen molar-refractivity contribution in [2.75, 3.05) is 18.4 Å². The van der Waals surface area contributed by atoms with Gasteiger partial charge in [-0.05, 0) is 49.2 Å². The Morgan fingerprint density at radius 3 is 2.68 bits per heavy atom. The molecule has 0 unspecified atom stereocenters. The van der Waals surface area contributed by atoms with E-state index in [1.165, 1.54) is 10.4 Å². The first-order valence-electron chi connectivity index (χ1n) is 9.00. The number of nitrogens with zero attached hydrogens (tertiary/aromatic N) is 2. The molecule has 2 N–H and O–H groups in total. The van der Waals surface area contributed by atoms with Gasteiger partial charge >= 0.3 is 0 Å². The molecule has 1 saturated heterocycles. The quantitative estimate of drug-likeness (QED) is 0.676. The number of piperidine rings is 1. The van der Waals surface area contributed by atoms with Crippen molar-refractivity contribution in [1.29, 1.82) is 0 Å². The van der Waals surface area contributed by atoms with Gasteiger partial charge in [-0.3, -0.25) is 9.89 Å². The lowest BCUT2D eigenvalue weighted by Crippen LogP contribution is -2.35. The van der Waals surface area contributed by atoms with Gasteiger partial charge in [-0.1, -0.05) is 24.1 Å². The van der Waals surface area contributed by atoms with Gasteiger partial charge in [0.15, 0.2) is 5.69 Å². The van der Waals surface area contributed by atoms with Crippen molar-refractivity contribution in [3.63, 3.8) is 0 Å². The zero-order valence-corrected chi connectivity index (χ0v) is 16.6. The maximum Gasteiger partial charge on any atom is 0.276 e. The molecule has 0 spiro atoms. The highest BCUT2D eigenvalue weighted by Gasteiger charge is 2.26. The summed E-state index contributed by atoms with van der Waals surface area (Å²) in [5.74, 6) is -0.443. The number of aromatic nitrogens is 2. The summed E-state index contributed by atoms with van der Waals surface area (Å²) >= 11 is 6.01. The van der Waals surface area contributed by atoms with Gasteiger partial charge in [-0.25, -0.2) is 8.42 Å². The predicted octanol–water partition coefficient (Wildman–Crippen LogP) is 3.64. The number of nitrogens with one attached hydrogen (secondary N) is 2. The van der Waals surface area contributed by atoms with Crippen LogP contribution in [0, 0.1) is 0 Å². The molecular formula is C19H19ClN4O3S. The Labute approximate surface area is 167 Å². The van der Waals surface area contributed by atoms with Crippen LogP contribution in [0.5, 0.6) is 0 Å². The molecule has 3 aromatic rings. The minimum atomic E-state index is -3.57. The van der Waals surface area contributed by atoms with Crippen LogP contribution in [0.15, 0.2) is 47.4 Å². The summed E-state index contributed by atoms with van der Waals surface area (Å²) in [4.78, 5) is 12.8. The van der Waals surface area contributed by atoms with E-state index in [0.717, 1.165) is 19.3 Å². The van der Waals surface area contributed by atoms with E-state index in [1.807, 2.05) is 0 Å². The van der Waals surface area contributed by atoms with Crippen LogP contribution in [0.2, 0.25) is 5.02 Å². The average molecular weight is 419 g/mol. The summed E-state index contributed by atoms with van der Waals surface area (Å²) in [7, 11) is -3.57. The van der Waals surface area contributed by atoms with Gasteiger partial charge in [-0.2, -0.15) is 9.40 Å². The van der Waals surface area contributed by atoms with Crippen LogP contribution in [0.1, 0.15) is 29.8 Å². The van der Waals surface area contributed by atoms with Crippen LogP contribution in [0.4, 0.5) is 5.69 Å². The zero-order chi connectivity index (χ0) is 19.7. The fourth-order valence-electron chi connectivity index (χ4n) is 3.34. The van der Waals surface area contributed by atoms with Crippen molar-refractivity contribution in [2.24, 2.45) is 0 Å². The molecule has 146 valence electrons. The van der Waals surface area contributed by atoms with Crippen molar-refractivity contribution >= 4 is 44.1 Å². The third-order valence-electron chi connectivity index (χ3n) is 4.78. The van der Waals surface area contributed by atoms with E-state index in [2.05, 4.69) is 15.5 Å². The summed E-state index contributed by atoms with van der Waals surface area (Å²) in [6.07, 6.45) is 2.78. The minimum absolute atomic E-state index is 0.169. The lowest BCUT2D eigenvalue weighted by Gasteiger charge is -2.26. The lowest BCUT2D eigenvalue weighted by molar-refractivity contribution is 0.102. The molecule has 1 amide bonds. The third kappa shape index (κ3) is 3.63. The van der Waals surface area contributed by atoms with E-state index < -0.39 is 15.9 Å². The fourth-order valence-corrected chi connectivity index (χ4v) is 5.07. The number of carbonyl (C=O) groups excluding carboxylic acids is 1. The maximum absolute atomic E-state index is 12.8. The van der Waals surface area contributed by atoms with Crippen LogP contribution in [-0.4, -0.2) is 41.9 Å². The van der Waals surface area contributed by atoms with Crippen molar-refractivity contribution in [3.8, 4) is 0 Å². The number of H-pyrrole nitrogens is 1. The predicted molar refractivity (Wildman–Crippen MR) is 108 cm³/mol. The number of amides is 1. The van der Waals surface area contributed by atoms with Gasteiger partial charge in [0.1, 0.15) is 0 Å². The third-order valence-corrected chi connectivity index (χ3v) is 6.91. The largest absolute Gasteiger partial charge is 0.321 e. The molecule has 0 radical (unpaired) electrons. The normalized spacial score (nSPS) is 15.6. The van der Waals surface area contributed by atoms with Crippen molar-refractivity contribution in [1.82, 2.24) is 14.5 Å². The molecule has 9 heteroatoms. The van der Waals surface area contributed by atoms with Gasteiger partial charge < -0.3 is 5.32 Å². The first kappa shape index (κ1) is 18.9. The standard InChI is InChI=1S/C19H19ClN4O3S/c20-13-7-8-17-16(11-13)18(23-22-17)19(25)21-14-5-4-6-15(12-14)28(26,27)24-9-2-1-3-10-24/h4-8,11-12H,1-3,9-10H2,(H,21,25)(H,22,23). The van der Waals surface area contributed by atoms with E-state index in [4.69, 9.17) is 11.6 Å². The smallest absolute Gasteiger partial charge is 0.276 e. The maximum atomic E-state index is 12.8. The van der Waals surface area contributed by atoms with Gasteiger partial charge in [0.25, 0.3) is 5.91 Å². The Bertz CT molecular complexity index is 1140. The fraction of sp³-hybridized carbons (Fsp3) is 0.263. The molecule has 2 aromatic carbocycles. The SMILES string of the molecule is O=C(Nc1cccc(S(=O)(=O)N2CCCCC2)c1)c1n[nH]c2ccc(Cl)cc12. The van der Waals surface area contributed by atoms with Gasteiger partial charge in [0.05, 0.1) is 10.4 Å². The van der Waals surface area contributed by atoms with E-state index >= 15 is 0 Å². The second-order valence-corrected chi connectivity index (χ2v) is 9.08. The van der Waals surface area contributed by atoms with E-state index in [1.54, 1.807) is 36.4 Å². The number of hydrogen-bond donors (Lipinski definition) is 2. The Morgan fingerprint density at radius 2 is 1.89 bits per heavy atom. The minimum Gasteiger partial charge on any atom is -0.321 e. The number of fused-ring (bicyclic) bond motifs is 1. The molecule has 0 aliphatic carbocycles. The van der Waals surface area contributed by atoms with Gasteiger partial charge in [0, 0.05) is 29.2 Å². The topological polar surface area (TPSA) is 95.2 Å². The molecule has 0 bridgehead atoms. The number of carbonyl (C=O) groups is 1. The molecular weight excluding hydrogens is 400 g/mol. The number of halogens is 1. The molecule has 28 heavy (non-hydrogen) atoms. The second kappa shape index (κ2) is 7.54. The number of aromatic amines is 1. The molecule has 4 rings (SSSR count). The molecule has 1 aromatic heterocycles. The monoisotopic (exact) mass is 418 g/mol. The summed E-state index contributed by atoms with van der Waals surface area (Å²) in [5.41, 5.74) is 1.28. The van der Waals surface area contributed by atoms with Gasteiger partial charge in [-0.15, -0.1) is 0 Å². The molecule has 1 aliphatic rings. The summed E-state index contributed by atoms with van der Waals surface area (Å²) < 4.78 is 27.2. The van der Waals surface area contributed by atoms with Gasteiger partial charge in [0.2, 0.25) is 10.0 Å². The lowest BCUT2D eigenvalue weighted by atomic mass is 10.2. The Morgan fingerprint density at radius 1 is 1.11 bits per heavy atom. The Kier molecular flexibility index (Phi) is 5.09. The highest BCUT2D eigenvalue weighted by atomic mass is 35.5. The molecule has 0 saturated carbocycles. The molecule has 0 atom stereocenters. The highest BCUT2D eigenvalue weighted by molar-refractivity contribution is 7.89. The Balaban J connectivity index is 1.59. The van der Waals surface area contributed by atoms with Crippen LogP contribution >= 0.6 is 11.6 Å². The number of anilines is 1. The number of sulfonamides is 1. The first-order chi connectivity index (χ1) is 13.4. The number of rotatable bonds is 4. The van der Waals surface area contributed by atoms with Crippen molar-refractivity contribution in [3.05, 3.63) is 53.2 Å². The van der Waals surface area contributed by atoms with E-state index in [0.29, 0.717) is 34.7 Å². The molecule has 2 heterocycles. The average Bonchev–Trinajstić information content (AvgIpc) is 3.12. The van der Waals surface area contributed by atoms with E-state index in [9.17, 15) is 13.2 Å². The van der Waals surface area contributed by atoms with Crippen molar-refractivity contribution in [2.45, 2.75) is 24.2 Å². The first-order valence-corrected chi connectivity index (χ1v) is 10.8. The van der Waals surface area contributed by atoms with Crippen LogP contribution < -0.4 is 5.32 Å². The molecule has 7 nitrogen and oxygen atoms in total. The second-order valence-electron chi connectivity index (χ2n) is 6.71. The van der Waals surface area contributed by atoms with Crippen LogP contribution in [0.25, 0.3) is 10.9 Å². The van der Waals surface area contributed by atoms with Crippen LogP contribution in [0.3, 0.4) is 0 Å². The summed E-state index contributed by atoms with van der Waals surface area (Å²) in [6.45, 7) is 1.05. The molecule has 1 aliphatic heterocycles. The summed E-state index contributed by atoms with van der Waals surface area (Å²) in [6, 6.07) is 11.4. The molecule has 1 fully saturated rings. The van der Waals surface area contributed by atoms with E-state index in [-0.39, 0.29) is 10.6 Å². The number of hydrogen-bond acceptors (Lipinski definition) is 4. The summed E-state index contributed by atoms with van der Waals surface area (Å²) in [5, 5.41) is 10.7. The van der Waals surface area contributed by atoms with Crippen molar-refractivity contribution < 1.29 is 13.2 Å². The zero-order valence-electron chi connectivity index (χ0n) is 15.0. The van der Waals surface area contributed by atoms with Crippen LogP contribution in [-0.2, 0) is 10.0 Å². The Hall–Kier alpha value is -2.42.